The van der Waals surface area contributed by atoms with E-state index in [0.29, 0.717) is 6.42 Å². The van der Waals surface area contributed by atoms with Gasteiger partial charge in [0.2, 0.25) is 5.91 Å². The summed E-state index contributed by atoms with van der Waals surface area (Å²) in [4.78, 5) is 40.2. The van der Waals surface area contributed by atoms with Crippen LogP contribution in [0.4, 0.5) is 0 Å². The Bertz CT molecular complexity index is 1370. The molecule has 246 valence electrons. The zero-order valence-electron chi connectivity index (χ0n) is 26.7. The molecule has 1 aliphatic rings. The number of carbonyl (C=O) groups excluding carboxylic acids is 3. The smallest absolute Gasteiger partial charge is 0.328 e. The van der Waals surface area contributed by atoms with Crippen molar-refractivity contribution in [2.75, 3.05) is 13.7 Å². The van der Waals surface area contributed by atoms with Crippen LogP contribution in [0.1, 0.15) is 37.0 Å². The van der Waals surface area contributed by atoms with Crippen LogP contribution in [-0.2, 0) is 53.0 Å². The number of nitrogens with one attached hydrogen (secondary N) is 2. The maximum atomic E-state index is 14.0. The number of nitrogens with two attached hydrogens (primary N) is 1. The highest BCUT2D eigenvalue weighted by Gasteiger charge is 2.49. The third kappa shape index (κ3) is 9.95. The van der Waals surface area contributed by atoms with Crippen LogP contribution in [0, 0.1) is 5.92 Å². The molecule has 6 atom stereocenters. The highest BCUT2D eigenvalue weighted by Crippen LogP contribution is 2.29. The van der Waals surface area contributed by atoms with Crippen molar-refractivity contribution in [3.05, 3.63) is 108 Å². The molecule has 3 aromatic carbocycles. The minimum atomic E-state index is -1.11. The van der Waals surface area contributed by atoms with Crippen LogP contribution < -0.4 is 16.4 Å². The fourth-order valence-corrected chi connectivity index (χ4v) is 5.46. The third-order valence-electron chi connectivity index (χ3n) is 7.80. The van der Waals surface area contributed by atoms with E-state index in [1.807, 2.05) is 105 Å². The van der Waals surface area contributed by atoms with Gasteiger partial charge in [-0.3, -0.25) is 9.59 Å². The molecule has 2 amide bonds. The van der Waals surface area contributed by atoms with E-state index in [1.54, 1.807) is 0 Å². The van der Waals surface area contributed by atoms with Gasteiger partial charge >= 0.3 is 5.97 Å². The number of hydrogen-bond acceptors (Lipinski definition) is 8. The Morgan fingerprint density at radius 3 is 1.78 bits per heavy atom. The summed E-state index contributed by atoms with van der Waals surface area (Å²) < 4.78 is 23.8. The fraction of sp³-hybridized carbons (Fsp3) is 0.417. The Kier molecular flexibility index (Phi) is 13.3. The molecule has 1 fully saturated rings. The van der Waals surface area contributed by atoms with Crippen molar-refractivity contribution < 1.29 is 33.3 Å². The Labute approximate surface area is 270 Å². The van der Waals surface area contributed by atoms with Crippen molar-refractivity contribution in [1.82, 2.24) is 10.6 Å². The van der Waals surface area contributed by atoms with Crippen molar-refractivity contribution in [3.8, 4) is 0 Å². The molecule has 3 aromatic rings. The first kappa shape index (κ1) is 34.8. The second kappa shape index (κ2) is 17.6. The van der Waals surface area contributed by atoms with E-state index in [4.69, 9.17) is 24.7 Å². The SMILES string of the molecule is COC(=O)[C@H](CC(C)C)NC(=O)[C@H](Cc1ccccc1)NC(=O)C1O[C@H](CN)[C@@H](OCc2ccccc2)[C@@H]1OCc1ccccc1. The molecule has 10 nitrogen and oxygen atoms in total. The molecule has 0 radical (unpaired) electrons. The van der Waals surface area contributed by atoms with E-state index >= 15 is 0 Å². The van der Waals surface area contributed by atoms with E-state index in [1.165, 1.54) is 7.11 Å². The molecule has 1 heterocycles. The number of rotatable bonds is 16. The van der Waals surface area contributed by atoms with Gasteiger partial charge in [0, 0.05) is 13.0 Å². The fourth-order valence-electron chi connectivity index (χ4n) is 5.46. The zero-order chi connectivity index (χ0) is 32.9. The summed E-state index contributed by atoms with van der Waals surface area (Å²) in [5.74, 6) is -1.50. The topological polar surface area (TPSA) is 138 Å². The monoisotopic (exact) mass is 631 g/mol. The second-order valence-electron chi connectivity index (χ2n) is 11.8. The number of benzene rings is 3. The highest BCUT2D eigenvalue weighted by atomic mass is 16.6. The lowest BCUT2D eigenvalue weighted by Gasteiger charge is -2.27. The first-order valence-electron chi connectivity index (χ1n) is 15.7. The Hall–Kier alpha value is -4.09. The molecule has 0 bridgehead atoms. The van der Waals surface area contributed by atoms with Gasteiger partial charge in [-0.1, -0.05) is 105 Å². The minimum absolute atomic E-state index is 0.0956. The molecule has 0 saturated carbocycles. The molecule has 0 aliphatic carbocycles. The predicted molar refractivity (Wildman–Crippen MR) is 173 cm³/mol. The average Bonchev–Trinajstić information content (AvgIpc) is 3.44. The van der Waals surface area contributed by atoms with E-state index in [9.17, 15) is 14.4 Å². The van der Waals surface area contributed by atoms with E-state index < -0.39 is 54.3 Å². The summed E-state index contributed by atoms with van der Waals surface area (Å²) >= 11 is 0. The summed E-state index contributed by atoms with van der Waals surface area (Å²) in [5, 5.41) is 5.68. The number of esters is 1. The van der Waals surface area contributed by atoms with Crippen LogP contribution >= 0.6 is 0 Å². The molecule has 1 unspecified atom stereocenters. The van der Waals surface area contributed by atoms with Gasteiger partial charge in [0.15, 0.2) is 6.10 Å². The van der Waals surface area contributed by atoms with E-state index in [-0.39, 0.29) is 32.1 Å². The van der Waals surface area contributed by atoms with Crippen LogP contribution in [-0.4, -0.2) is 67.9 Å². The van der Waals surface area contributed by atoms with Crippen molar-refractivity contribution in [2.45, 2.75) is 76.4 Å². The molecule has 0 spiro atoms. The normalized spacial score (nSPS) is 20.5. The van der Waals surface area contributed by atoms with Gasteiger partial charge in [-0.15, -0.1) is 0 Å². The second-order valence-corrected chi connectivity index (χ2v) is 11.8. The van der Waals surface area contributed by atoms with E-state index in [2.05, 4.69) is 10.6 Å². The zero-order valence-corrected chi connectivity index (χ0v) is 26.7. The third-order valence-corrected chi connectivity index (χ3v) is 7.80. The van der Waals surface area contributed by atoms with Crippen LogP contribution in [0.15, 0.2) is 91.0 Å². The van der Waals surface area contributed by atoms with Crippen LogP contribution in [0.5, 0.6) is 0 Å². The Balaban J connectivity index is 1.57. The number of hydrogen-bond donors (Lipinski definition) is 3. The minimum Gasteiger partial charge on any atom is -0.467 e. The number of amides is 2. The van der Waals surface area contributed by atoms with Gasteiger partial charge in [0.25, 0.3) is 5.91 Å². The van der Waals surface area contributed by atoms with Gasteiger partial charge in [-0.25, -0.2) is 4.79 Å². The largest absolute Gasteiger partial charge is 0.467 e. The van der Waals surface area contributed by atoms with Crippen molar-refractivity contribution >= 4 is 17.8 Å². The highest BCUT2D eigenvalue weighted by molar-refractivity contribution is 5.92. The summed E-state index contributed by atoms with van der Waals surface area (Å²) in [6.45, 7) is 4.48. The summed E-state index contributed by atoms with van der Waals surface area (Å²) in [6.07, 6.45) is -2.65. The lowest BCUT2D eigenvalue weighted by molar-refractivity contribution is -0.146. The lowest BCUT2D eigenvalue weighted by Crippen LogP contribution is -2.56. The number of ether oxygens (including phenoxy) is 4. The summed E-state index contributed by atoms with van der Waals surface area (Å²) in [6, 6.07) is 26.7. The summed E-state index contributed by atoms with van der Waals surface area (Å²) in [7, 11) is 1.28. The predicted octanol–water partition coefficient (Wildman–Crippen LogP) is 3.31. The standard InChI is InChI=1S/C36H45N3O7/c1-24(2)19-29(36(42)43-3)39-34(40)28(20-25-13-7-4-8-14-25)38-35(41)33-32(45-23-27-17-11-6-12-18-27)31(30(21-37)46-33)44-22-26-15-9-5-10-16-26/h4-18,24,28-33H,19-23,37H2,1-3H3,(H,38,41)(H,39,40)/t28-,29-,30+,31+,32-,33?/m0/s1. The van der Waals surface area contributed by atoms with Gasteiger partial charge in [-0.2, -0.15) is 0 Å². The van der Waals surface area contributed by atoms with Crippen molar-refractivity contribution in [3.63, 3.8) is 0 Å². The Morgan fingerprint density at radius 1 is 0.761 bits per heavy atom. The van der Waals surface area contributed by atoms with Gasteiger partial charge in [0.05, 0.1) is 26.4 Å². The van der Waals surface area contributed by atoms with Crippen LogP contribution in [0.3, 0.4) is 0 Å². The van der Waals surface area contributed by atoms with Crippen molar-refractivity contribution in [1.29, 1.82) is 0 Å². The molecule has 4 rings (SSSR count). The van der Waals surface area contributed by atoms with Gasteiger partial charge < -0.3 is 35.3 Å². The molecule has 4 N–H and O–H groups in total. The maximum absolute atomic E-state index is 14.0. The summed E-state index contributed by atoms with van der Waals surface area (Å²) in [5.41, 5.74) is 8.81. The van der Waals surface area contributed by atoms with Gasteiger partial charge in [-0.05, 0) is 29.0 Å². The number of methoxy groups -OCH3 is 1. The molecular weight excluding hydrogens is 586 g/mol. The van der Waals surface area contributed by atoms with Crippen molar-refractivity contribution in [2.24, 2.45) is 11.7 Å². The molecular formula is C36H45N3O7. The molecule has 1 aliphatic heterocycles. The van der Waals surface area contributed by atoms with E-state index in [0.717, 1.165) is 16.7 Å². The molecule has 0 aromatic heterocycles. The molecule has 46 heavy (non-hydrogen) atoms. The van der Waals surface area contributed by atoms with Gasteiger partial charge in [0.1, 0.15) is 24.3 Å². The Morgan fingerprint density at radius 2 is 1.28 bits per heavy atom. The van der Waals surface area contributed by atoms with Crippen LogP contribution in [0.2, 0.25) is 0 Å². The average molecular weight is 632 g/mol. The van der Waals surface area contributed by atoms with Crippen LogP contribution in [0.25, 0.3) is 0 Å². The first-order valence-corrected chi connectivity index (χ1v) is 15.7. The maximum Gasteiger partial charge on any atom is 0.328 e. The first-order chi connectivity index (χ1) is 22.3. The molecule has 10 heteroatoms. The molecule has 1 saturated heterocycles. The lowest BCUT2D eigenvalue weighted by atomic mass is 10.0. The number of carbonyl (C=O) groups is 3. The quantitative estimate of drug-likeness (QED) is 0.205.